The number of hydrogen-bond acceptors (Lipinski definition) is 6. The second-order valence-electron chi connectivity index (χ2n) is 6.26. The number of nitrogens with one attached hydrogen (secondary N) is 2. The Labute approximate surface area is 182 Å². The predicted molar refractivity (Wildman–Crippen MR) is 115 cm³/mol. The van der Waals surface area contributed by atoms with Crippen LogP contribution >= 0.6 is 23.2 Å². The molecule has 2 heterocycles. The molecular formula is C21H16Cl2N4O3. The summed E-state index contributed by atoms with van der Waals surface area (Å²) in [5.41, 5.74) is 2.23. The number of nitrogens with zero attached hydrogens (tertiary/aromatic N) is 2. The zero-order chi connectivity index (χ0) is 21.1. The summed E-state index contributed by atoms with van der Waals surface area (Å²) >= 11 is 12.4. The highest BCUT2D eigenvalue weighted by atomic mass is 35.5. The van der Waals surface area contributed by atoms with Crippen molar-refractivity contribution in [2.75, 3.05) is 12.4 Å². The number of fused-ring (bicyclic) bond motifs is 1. The van der Waals surface area contributed by atoms with Crippen LogP contribution in [-0.4, -0.2) is 22.9 Å². The Morgan fingerprint density at radius 1 is 1.10 bits per heavy atom. The van der Waals surface area contributed by atoms with Crippen molar-refractivity contribution in [3.63, 3.8) is 0 Å². The third kappa shape index (κ3) is 4.32. The van der Waals surface area contributed by atoms with Gasteiger partial charge in [-0.25, -0.2) is 0 Å². The van der Waals surface area contributed by atoms with E-state index in [1.54, 1.807) is 55.6 Å². The van der Waals surface area contributed by atoms with E-state index in [1.807, 2.05) is 0 Å². The molecule has 0 unspecified atom stereocenters. The van der Waals surface area contributed by atoms with E-state index in [0.717, 1.165) is 5.56 Å². The van der Waals surface area contributed by atoms with Crippen molar-refractivity contribution in [1.29, 1.82) is 0 Å². The number of aromatic nitrogens is 2. The highest BCUT2D eigenvalue weighted by Gasteiger charge is 2.11. The van der Waals surface area contributed by atoms with Crippen LogP contribution < -0.4 is 15.4 Å². The molecule has 0 saturated heterocycles. The number of ether oxygens (including phenoxy) is 1. The van der Waals surface area contributed by atoms with Crippen LogP contribution in [0, 0.1) is 0 Å². The summed E-state index contributed by atoms with van der Waals surface area (Å²) in [5.74, 6) is 0.725. The number of hydrogen-bond donors (Lipinski definition) is 2. The van der Waals surface area contributed by atoms with E-state index in [-0.39, 0.29) is 11.6 Å². The zero-order valence-electron chi connectivity index (χ0n) is 15.8. The Morgan fingerprint density at radius 2 is 1.87 bits per heavy atom. The molecule has 152 valence electrons. The van der Waals surface area contributed by atoms with Crippen molar-refractivity contribution in [1.82, 2.24) is 15.3 Å². The van der Waals surface area contributed by atoms with Gasteiger partial charge in [0.05, 0.1) is 0 Å². The molecule has 2 N–H and O–H groups in total. The van der Waals surface area contributed by atoms with Gasteiger partial charge in [0, 0.05) is 47.5 Å². The van der Waals surface area contributed by atoms with E-state index in [0.29, 0.717) is 45.2 Å². The highest BCUT2D eigenvalue weighted by molar-refractivity contribution is 6.36. The number of oxazole rings is 1. The van der Waals surface area contributed by atoms with Gasteiger partial charge < -0.3 is 19.8 Å². The number of rotatable bonds is 6. The summed E-state index contributed by atoms with van der Waals surface area (Å²) in [5, 5.41) is 6.74. The van der Waals surface area contributed by atoms with Crippen molar-refractivity contribution in [2.24, 2.45) is 0 Å². The van der Waals surface area contributed by atoms with Gasteiger partial charge in [-0.15, -0.1) is 0 Å². The van der Waals surface area contributed by atoms with Crippen molar-refractivity contribution >= 4 is 46.2 Å². The predicted octanol–water partition coefficient (Wildman–Crippen LogP) is 5.29. The molecule has 2 aromatic heterocycles. The molecule has 4 aromatic rings. The molecule has 7 nitrogen and oxygen atoms in total. The van der Waals surface area contributed by atoms with Gasteiger partial charge in [-0.1, -0.05) is 29.3 Å². The third-order valence-electron chi connectivity index (χ3n) is 4.26. The molecule has 0 aliphatic rings. The smallest absolute Gasteiger partial charge is 0.295 e. The van der Waals surface area contributed by atoms with E-state index in [1.165, 1.54) is 6.20 Å². The van der Waals surface area contributed by atoms with Gasteiger partial charge in [-0.05, 0) is 30.3 Å². The summed E-state index contributed by atoms with van der Waals surface area (Å²) in [6.07, 6.45) is 1.51. The molecule has 0 atom stereocenters. The molecule has 4 rings (SSSR count). The van der Waals surface area contributed by atoms with Crippen molar-refractivity contribution in [3.8, 4) is 11.5 Å². The maximum atomic E-state index is 11.7. The van der Waals surface area contributed by atoms with Gasteiger partial charge in [0.2, 0.25) is 0 Å². The van der Waals surface area contributed by atoms with Crippen LogP contribution in [0.5, 0.6) is 11.5 Å². The Hall–Kier alpha value is -3.29. The maximum absolute atomic E-state index is 11.7. The first-order valence-corrected chi connectivity index (χ1v) is 9.72. The number of halogens is 2. The Bertz CT molecular complexity index is 1210. The van der Waals surface area contributed by atoms with Gasteiger partial charge in [0.25, 0.3) is 11.9 Å². The summed E-state index contributed by atoms with van der Waals surface area (Å²) < 4.78 is 11.6. The molecule has 9 heteroatoms. The van der Waals surface area contributed by atoms with E-state index in [4.69, 9.17) is 32.4 Å². The molecule has 0 saturated carbocycles. The number of pyridine rings is 1. The average Bonchev–Trinajstić information content (AvgIpc) is 3.15. The van der Waals surface area contributed by atoms with E-state index in [9.17, 15) is 4.79 Å². The molecule has 0 radical (unpaired) electrons. The average molecular weight is 443 g/mol. The standard InChI is InChI=1S/C21H16Cl2N4O3/c1-24-20(28)18-9-13(7-8-25-18)29-12-5-6-17-19(10-12)30-21(27-17)26-11-14-15(22)3-2-4-16(14)23/h2-10H,11H2,1H3,(H,24,28)(H,26,27). The fourth-order valence-electron chi connectivity index (χ4n) is 2.77. The summed E-state index contributed by atoms with van der Waals surface area (Å²) in [7, 11) is 1.54. The lowest BCUT2D eigenvalue weighted by Crippen LogP contribution is -2.18. The molecule has 1 amide bonds. The number of carbonyl (C=O) groups is 1. The Morgan fingerprint density at radius 3 is 2.63 bits per heavy atom. The minimum Gasteiger partial charge on any atom is -0.457 e. The van der Waals surface area contributed by atoms with Crippen molar-refractivity contribution in [2.45, 2.75) is 6.54 Å². The van der Waals surface area contributed by atoms with Crippen LogP contribution in [0.25, 0.3) is 11.1 Å². The van der Waals surface area contributed by atoms with Gasteiger partial charge in [-0.2, -0.15) is 4.98 Å². The lowest BCUT2D eigenvalue weighted by Gasteiger charge is -2.06. The van der Waals surface area contributed by atoms with E-state index >= 15 is 0 Å². The Balaban J connectivity index is 1.51. The van der Waals surface area contributed by atoms with Crippen LogP contribution in [0.4, 0.5) is 6.01 Å². The second kappa shape index (κ2) is 8.61. The van der Waals surface area contributed by atoms with Crippen molar-refractivity contribution < 1.29 is 13.9 Å². The summed E-state index contributed by atoms with van der Waals surface area (Å²) in [6.45, 7) is 0.369. The van der Waals surface area contributed by atoms with E-state index < -0.39 is 0 Å². The maximum Gasteiger partial charge on any atom is 0.295 e. The van der Waals surface area contributed by atoms with Crippen LogP contribution in [-0.2, 0) is 6.54 Å². The number of carbonyl (C=O) groups excluding carboxylic acids is 1. The Kier molecular flexibility index (Phi) is 5.74. The van der Waals surface area contributed by atoms with Gasteiger partial charge in [0.1, 0.15) is 22.7 Å². The molecule has 0 bridgehead atoms. The van der Waals surface area contributed by atoms with Crippen LogP contribution in [0.2, 0.25) is 10.0 Å². The molecule has 2 aromatic carbocycles. The third-order valence-corrected chi connectivity index (χ3v) is 4.97. The first-order valence-electron chi connectivity index (χ1n) is 8.97. The van der Waals surface area contributed by atoms with Gasteiger partial charge >= 0.3 is 0 Å². The number of amides is 1. The van der Waals surface area contributed by atoms with Gasteiger partial charge in [0.15, 0.2) is 5.58 Å². The normalized spacial score (nSPS) is 10.8. The van der Waals surface area contributed by atoms with Gasteiger partial charge in [-0.3, -0.25) is 9.78 Å². The number of benzene rings is 2. The van der Waals surface area contributed by atoms with Crippen molar-refractivity contribution in [3.05, 3.63) is 76.0 Å². The highest BCUT2D eigenvalue weighted by Crippen LogP contribution is 2.29. The largest absolute Gasteiger partial charge is 0.457 e. The molecule has 0 aliphatic carbocycles. The molecular weight excluding hydrogens is 427 g/mol. The molecule has 30 heavy (non-hydrogen) atoms. The SMILES string of the molecule is CNC(=O)c1cc(Oc2ccc3nc(NCc4c(Cl)cccc4Cl)oc3c2)ccn1. The number of anilines is 1. The fourth-order valence-corrected chi connectivity index (χ4v) is 3.30. The molecule has 0 spiro atoms. The van der Waals surface area contributed by atoms with E-state index in [2.05, 4.69) is 20.6 Å². The van der Waals surface area contributed by atoms with Crippen LogP contribution in [0.3, 0.4) is 0 Å². The second-order valence-corrected chi connectivity index (χ2v) is 7.07. The summed E-state index contributed by atoms with van der Waals surface area (Å²) in [6, 6.07) is 14.2. The lowest BCUT2D eigenvalue weighted by atomic mass is 10.2. The topological polar surface area (TPSA) is 89.3 Å². The quantitative estimate of drug-likeness (QED) is 0.421. The monoisotopic (exact) mass is 442 g/mol. The van der Waals surface area contributed by atoms with Crippen LogP contribution in [0.15, 0.2) is 59.1 Å². The zero-order valence-corrected chi connectivity index (χ0v) is 17.3. The minimum atomic E-state index is -0.291. The first kappa shape index (κ1) is 20.0. The van der Waals surface area contributed by atoms with Crippen LogP contribution in [0.1, 0.15) is 16.1 Å². The first-order chi connectivity index (χ1) is 14.5. The lowest BCUT2D eigenvalue weighted by molar-refractivity contribution is 0.0958. The summed E-state index contributed by atoms with van der Waals surface area (Å²) in [4.78, 5) is 20.1. The fraction of sp³-hybridized carbons (Fsp3) is 0.0952. The molecule has 0 fully saturated rings. The molecule has 0 aliphatic heterocycles. The minimum absolute atomic E-state index is 0.264.